The lowest BCUT2D eigenvalue weighted by molar-refractivity contribution is -0.126. The van der Waals surface area contributed by atoms with E-state index in [0.717, 1.165) is 19.3 Å². The van der Waals surface area contributed by atoms with Gasteiger partial charge in [0.15, 0.2) is 0 Å². The normalized spacial score (nSPS) is 35.1. The Morgan fingerprint density at radius 3 is 2.44 bits per heavy atom. The summed E-state index contributed by atoms with van der Waals surface area (Å²) in [5.41, 5.74) is 5.15. The zero-order valence-electron chi connectivity index (χ0n) is 11.6. The molecule has 1 saturated heterocycles. The Bertz CT molecular complexity index is 287. The molecule has 0 bridgehead atoms. The van der Waals surface area contributed by atoms with E-state index in [1.165, 1.54) is 45.2 Å². The minimum Gasteiger partial charge on any atom is -0.368 e. The highest BCUT2D eigenvalue weighted by Gasteiger charge is 2.41. The molecule has 1 amide bonds. The number of rotatable bonds is 3. The number of carbonyl (C=O) groups is 1. The van der Waals surface area contributed by atoms with Crippen molar-refractivity contribution in [3.63, 3.8) is 0 Å². The minimum atomic E-state index is -0.463. The summed E-state index contributed by atoms with van der Waals surface area (Å²) >= 11 is 0. The third-order valence-electron chi connectivity index (χ3n) is 4.83. The highest BCUT2D eigenvalue weighted by molar-refractivity contribution is 5.84. The number of nitrogens with one attached hydrogen (secondary N) is 1. The number of hydrogen-bond donors (Lipinski definition) is 2. The van der Waals surface area contributed by atoms with E-state index in [2.05, 4.69) is 10.2 Å². The Labute approximate surface area is 110 Å². The lowest BCUT2D eigenvalue weighted by Gasteiger charge is -2.42. The number of carbonyl (C=O) groups excluding carboxylic acids is 1. The Kier molecular flexibility index (Phi) is 4.62. The summed E-state index contributed by atoms with van der Waals surface area (Å²) in [4.78, 5) is 14.3. The Hall–Kier alpha value is -0.610. The molecule has 2 unspecified atom stereocenters. The number of nitrogens with zero attached hydrogens (tertiary/aromatic N) is 1. The van der Waals surface area contributed by atoms with Gasteiger partial charge in [0, 0.05) is 6.04 Å². The summed E-state index contributed by atoms with van der Waals surface area (Å²) in [6, 6.07) is 0.539. The molecule has 4 nitrogen and oxygen atoms in total. The van der Waals surface area contributed by atoms with E-state index in [0.29, 0.717) is 6.04 Å². The van der Waals surface area contributed by atoms with Gasteiger partial charge in [-0.3, -0.25) is 4.79 Å². The number of primary amides is 1. The molecule has 3 N–H and O–H groups in total. The molecule has 1 saturated carbocycles. The second-order valence-electron chi connectivity index (χ2n) is 5.90. The maximum atomic E-state index is 11.7. The second-order valence-corrected chi connectivity index (χ2v) is 5.90. The van der Waals surface area contributed by atoms with Crippen molar-refractivity contribution in [1.29, 1.82) is 0 Å². The van der Waals surface area contributed by atoms with Crippen LogP contribution in [0.5, 0.6) is 0 Å². The zero-order valence-corrected chi connectivity index (χ0v) is 11.6. The van der Waals surface area contributed by atoms with Crippen LogP contribution in [-0.2, 0) is 4.79 Å². The molecule has 1 heterocycles. The average molecular weight is 253 g/mol. The Morgan fingerprint density at radius 2 is 1.89 bits per heavy atom. The number of hydrogen-bond acceptors (Lipinski definition) is 3. The molecule has 4 heteroatoms. The van der Waals surface area contributed by atoms with Crippen molar-refractivity contribution in [2.75, 3.05) is 20.1 Å². The van der Waals surface area contributed by atoms with Crippen LogP contribution in [0.3, 0.4) is 0 Å². The first-order valence-corrected chi connectivity index (χ1v) is 7.41. The van der Waals surface area contributed by atoms with Gasteiger partial charge in [0.2, 0.25) is 5.91 Å². The van der Waals surface area contributed by atoms with Gasteiger partial charge in [-0.25, -0.2) is 0 Å². The molecule has 2 aliphatic rings. The van der Waals surface area contributed by atoms with Gasteiger partial charge in [0.25, 0.3) is 0 Å². The van der Waals surface area contributed by atoms with Gasteiger partial charge in [0.1, 0.15) is 0 Å². The quantitative estimate of drug-likeness (QED) is 0.796. The van der Waals surface area contributed by atoms with Gasteiger partial charge < -0.3 is 16.0 Å². The van der Waals surface area contributed by atoms with Gasteiger partial charge in [-0.05, 0) is 58.7 Å². The van der Waals surface area contributed by atoms with Gasteiger partial charge in [-0.15, -0.1) is 0 Å². The number of likely N-dealkylation sites (N-methyl/N-ethyl adjacent to an activating group) is 1. The third-order valence-corrected chi connectivity index (χ3v) is 4.83. The predicted molar refractivity (Wildman–Crippen MR) is 73.3 cm³/mol. The molecule has 2 atom stereocenters. The van der Waals surface area contributed by atoms with Crippen molar-refractivity contribution in [3.8, 4) is 0 Å². The topological polar surface area (TPSA) is 58.4 Å². The minimum absolute atomic E-state index is 0.176. The fourth-order valence-electron chi connectivity index (χ4n) is 3.59. The maximum Gasteiger partial charge on any atom is 0.237 e. The molecule has 0 aromatic heterocycles. The summed E-state index contributed by atoms with van der Waals surface area (Å²) in [6.45, 7) is 2.40. The zero-order chi connectivity index (χ0) is 13.0. The van der Waals surface area contributed by atoms with E-state index < -0.39 is 5.54 Å². The number of likely N-dealkylation sites (tertiary alicyclic amines) is 1. The molecule has 1 aliphatic heterocycles. The van der Waals surface area contributed by atoms with Crippen LogP contribution >= 0.6 is 0 Å². The predicted octanol–water partition coefficient (Wildman–Crippen LogP) is 1.25. The van der Waals surface area contributed by atoms with Gasteiger partial charge in [0.05, 0.1) is 5.54 Å². The van der Waals surface area contributed by atoms with E-state index >= 15 is 0 Å². The Balaban J connectivity index is 2.02. The van der Waals surface area contributed by atoms with Gasteiger partial charge in [-0.1, -0.05) is 12.8 Å². The first kappa shape index (κ1) is 13.8. The molecule has 1 aliphatic carbocycles. The largest absolute Gasteiger partial charge is 0.368 e. The monoisotopic (exact) mass is 253 g/mol. The summed E-state index contributed by atoms with van der Waals surface area (Å²) < 4.78 is 0. The highest BCUT2D eigenvalue weighted by Crippen LogP contribution is 2.32. The number of amides is 1. The molecule has 0 aromatic carbocycles. The molecular formula is C14H27N3O. The fourth-order valence-corrected chi connectivity index (χ4v) is 3.59. The Morgan fingerprint density at radius 1 is 1.22 bits per heavy atom. The first-order valence-electron chi connectivity index (χ1n) is 7.41. The fraction of sp³-hybridized carbons (Fsp3) is 0.929. The first-order chi connectivity index (χ1) is 8.68. The second kappa shape index (κ2) is 6.02. The van der Waals surface area contributed by atoms with Crippen LogP contribution in [0.2, 0.25) is 0 Å². The van der Waals surface area contributed by atoms with E-state index in [4.69, 9.17) is 5.73 Å². The van der Waals surface area contributed by atoms with Crippen molar-refractivity contribution in [2.24, 2.45) is 5.73 Å². The van der Waals surface area contributed by atoms with Gasteiger partial charge >= 0.3 is 0 Å². The summed E-state index contributed by atoms with van der Waals surface area (Å²) in [6.07, 6.45) is 9.43. The van der Waals surface area contributed by atoms with Crippen LogP contribution in [0.15, 0.2) is 0 Å². The van der Waals surface area contributed by atoms with Crippen LogP contribution in [-0.4, -0.2) is 42.5 Å². The standard InChI is InChI=1S/C14H27N3O/c1-16-14(13(15)18)8-6-7-12(11-14)17-9-4-2-3-5-10-17/h12,16H,2-11H2,1H3,(H2,15,18). The molecule has 0 aromatic rings. The molecule has 0 spiro atoms. The lowest BCUT2D eigenvalue weighted by Crippen LogP contribution is -2.59. The summed E-state index contributed by atoms with van der Waals surface area (Å²) in [5, 5.41) is 3.20. The van der Waals surface area contributed by atoms with Crippen molar-refractivity contribution in [2.45, 2.75) is 62.9 Å². The van der Waals surface area contributed by atoms with Crippen LogP contribution in [0.4, 0.5) is 0 Å². The number of nitrogens with two attached hydrogens (primary N) is 1. The molecule has 2 rings (SSSR count). The summed E-state index contributed by atoms with van der Waals surface area (Å²) in [7, 11) is 1.87. The van der Waals surface area contributed by atoms with E-state index in [-0.39, 0.29) is 5.91 Å². The third kappa shape index (κ3) is 2.86. The van der Waals surface area contributed by atoms with Crippen molar-refractivity contribution in [3.05, 3.63) is 0 Å². The van der Waals surface area contributed by atoms with E-state index in [1.54, 1.807) is 0 Å². The van der Waals surface area contributed by atoms with E-state index in [9.17, 15) is 4.79 Å². The molecule has 2 fully saturated rings. The smallest absolute Gasteiger partial charge is 0.237 e. The molecule has 18 heavy (non-hydrogen) atoms. The molecule has 104 valence electrons. The van der Waals surface area contributed by atoms with Crippen LogP contribution < -0.4 is 11.1 Å². The lowest BCUT2D eigenvalue weighted by atomic mass is 9.78. The highest BCUT2D eigenvalue weighted by atomic mass is 16.1. The SMILES string of the molecule is CNC1(C(N)=O)CCCC(N2CCCCCC2)C1. The molecule has 0 radical (unpaired) electrons. The van der Waals surface area contributed by atoms with Crippen molar-refractivity contribution in [1.82, 2.24) is 10.2 Å². The summed E-state index contributed by atoms with van der Waals surface area (Å²) in [5.74, 6) is -0.176. The van der Waals surface area contributed by atoms with Gasteiger partial charge in [-0.2, -0.15) is 0 Å². The van der Waals surface area contributed by atoms with Crippen LogP contribution in [0, 0.1) is 0 Å². The van der Waals surface area contributed by atoms with Crippen LogP contribution in [0.1, 0.15) is 51.4 Å². The van der Waals surface area contributed by atoms with Crippen molar-refractivity contribution >= 4 is 5.91 Å². The van der Waals surface area contributed by atoms with Crippen LogP contribution in [0.25, 0.3) is 0 Å². The van der Waals surface area contributed by atoms with Crippen molar-refractivity contribution < 1.29 is 4.79 Å². The molecular weight excluding hydrogens is 226 g/mol. The maximum absolute atomic E-state index is 11.7. The average Bonchev–Trinajstić information content (AvgIpc) is 2.67. The van der Waals surface area contributed by atoms with E-state index in [1.807, 2.05) is 7.05 Å².